The monoisotopic (exact) mass is 429 g/mol. The Hall–Kier alpha value is -2.48. The molecular weight excluding hydrogens is 410 g/mol. The van der Waals surface area contributed by atoms with Crippen molar-refractivity contribution in [3.63, 3.8) is 0 Å². The van der Waals surface area contributed by atoms with Gasteiger partial charge in [-0.05, 0) is 40.9 Å². The van der Waals surface area contributed by atoms with Gasteiger partial charge in [0.1, 0.15) is 12.0 Å². The van der Waals surface area contributed by atoms with Crippen molar-refractivity contribution in [1.29, 1.82) is 0 Å². The molecule has 1 aromatic carbocycles. The fourth-order valence-electron chi connectivity index (χ4n) is 3.61. The van der Waals surface area contributed by atoms with Crippen molar-refractivity contribution >= 4 is 44.9 Å². The summed E-state index contributed by atoms with van der Waals surface area (Å²) in [7, 11) is 0. The Morgan fingerprint density at radius 1 is 1.22 bits per heavy atom. The van der Waals surface area contributed by atoms with E-state index in [0.29, 0.717) is 12.2 Å². The van der Waals surface area contributed by atoms with Crippen molar-refractivity contribution < 1.29 is 9.59 Å². The fraction of sp³-hybridized carbons (Fsp3) is 0.368. The molecule has 0 saturated carbocycles. The molecule has 1 unspecified atom stereocenters. The summed E-state index contributed by atoms with van der Waals surface area (Å²) in [6.07, 6.45) is 5.56. The van der Waals surface area contributed by atoms with Crippen molar-refractivity contribution in [2.24, 2.45) is 5.92 Å². The number of carbonyl (C=O) groups excluding carboxylic acids is 2. The average molecular weight is 430 g/mol. The number of aromatic nitrogens is 2. The number of hydrogen-bond donors (Lipinski definition) is 1. The van der Waals surface area contributed by atoms with Gasteiger partial charge >= 0.3 is 0 Å². The second kappa shape index (κ2) is 7.64. The largest absolute Gasteiger partial charge is 0.355 e. The van der Waals surface area contributed by atoms with Gasteiger partial charge in [-0.15, -0.1) is 0 Å². The molecule has 0 bridgehead atoms. The smallest absolute Gasteiger partial charge is 0.229 e. The highest BCUT2D eigenvalue weighted by Gasteiger charge is 2.36. The quantitative estimate of drug-likeness (QED) is 0.807. The number of carbonyl (C=O) groups is 2. The Balaban J connectivity index is 1.49. The van der Waals surface area contributed by atoms with Gasteiger partial charge in [0.05, 0.1) is 17.8 Å². The number of hydrogen-bond acceptors (Lipinski definition) is 5. The molecule has 2 aliphatic heterocycles. The van der Waals surface area contributed by atoms with Crippen LogP contribution in [0, 0.1) is 5.92 Å². The Bertz CT molecular complexity index is 869. The standard InChI is InChI=1S/C19H20BrN5O2/c20-14-5-1-2-6-16(14)25-11-13(9-17(25)26)19(27)23-15-10-21-12-22-18(15)24-7-3-4-8-24/h1-2,5-6,10,12-13H,3-4,7-9,11H2,(H,23,27). The van der Waals surface area contributed by atoms with E-state index >= 15 is 0 Å². The molecule has 2 fully saturated rings. The molecular formula is C19H20BrN5O2. The third-order valence-corrected chi connectivity index (χ3v) is 5.66. The number of nitrogens with one attached hydrogen (secondary N) is 1. The molecule has 2 aromatic rings. The van der Waals surface area contributed by atoms with Crippen LogP contribution in [0.5, 0.6) is 0 Å². The molecule has 2 saturated heterocycles. The summed E-state index contributed by atoms with van der Waals surface area (Å²) in [6.45, 7) is 2.22. The lowest BCUT2D eigenvalue weighted by Gasteiger charge is -2.21. The molecule has 1 N–H and O–H groups in total. The lowest BCUT2D eigenvalue weighted by molar-refractivity contribution is -0.122. The summed E-state index contributed by atoms with van der Waals surface area (Å²) in [5, 5.41) is 2.94. The molecule has 140 valence electrons. The van der Waals surface area contributed by atoms with Crippen LogP contribution in [0.2, 0.25) is 0 Å². The second-order valence-corrected chi connectivity index (χ2v) is 7.65. The summed E-state index contributed by atoms with van der Waals surface area (Å²) >= 11 is 3.48. The predicted molar refractivity (Wildman–Crippen MR) is 107 cm³/mol. The lowest BCUT2D eigenvalue weighted by Crippen LogP contribution is -2.29. The van der Waals surface area contributed by atoms with Crippen molar-refractivity contribution in [1.82, 2.24) is 9.97 Å². The SMILES string of the molecule is O=C(Nc1cncnc1N1CCCC1)C1CC(=O)N(c2ccccc2Br)C1. The highest BCUT2D eigenvalue weighted by Crippen LogP contribution is 2.32. The van der Waals surface area contributed by atoms with Crippen molar-refractivity contribution in [2.75, 3.05) is 34.8 Å². The van der Waals surface area contributed by atoms with Crippen LogP contribution in [0.1, 0.15) is 19.3 Å². The summed E-state index contributed by atoms with van der Waals surface area (Å²) < 4.78 is 0.840. The van der Waals surface area contributed by atoms with E-state index in [0.717, 1.165) is 41.9 Å². The minimum Gasteiger partial charge on any atom is -0.355 e. The van der Waals surface area contributed by atoms with Gasteiger partial charge in [-0.25, -0.2) is 9.97 Å². The van der Waals surface area contributed by atoms with Crippen LogP contribution in [0.25, 0.3) is 0 Å². The van der Waals surface area contributed by atoms with E-state index in [1.54, 1.807) is 11.1 Å². The van der Waals surface area contributed by atoms with E-state index in [-0.39, 0.29) is 18.2 Å². The number of amides is 2. The lowest BCUT2D eigenvalue weighted by atomic mass is 10.1. The van der Waals surface area contributed by atoms with Gasteiger partial charge in [0.2, 0.25) is 11.8 Å². The molecule has 0 aliphatic carbocycles. The van der Waals surface area contributed by atoms with Crippen LogP contribution in [-0.4, -0.2) is 41.4 Å². The van der Waals surface area contributed by atoms with E-state index in [1.807, 2.05) is 24.3 Å². The molecule has 4 rings (SSSR count). The minimum atomic E-state index is -0.406. The van der Waals surface area contributed by atoms with Crippen LogP contribution in [0.3, 0.4) is 0 Å². The molecule has 0 spiro atoms. The van der Waals surface area contributed by atoms with Crippen molar-refractivity contribution in [3.8, 4) is 0 Å². The summed E-state index contributed by atoms with van der Waals surface area (Å²) in [5.41, 5.74) is 1.40. The molecule has 7 nitrogen and oxygen atoms in total. The number of rotatable bonds is 4. The Morgan fingerprint density at radius 3 is 2.78 bits per heavy atom. The first-order valence-electron chi connectivity index (χ1n) is 9.04. The van der Waals surface area contributed by atoms with Crippen LogP contribution in [0.15, 0.2) is 41.3 Å². The molecule has 0 radical (unpaired) electrons. The number of benzene rings is 1. The van der Waals surface area contributed by atoms with E-state index in [2.05, 4.69) is 36.1 Å². The molecule has 2 amide bonds. The molecule has 3 heterocycles. The van der Waals surface area contributed by atoms with E-state index in [1.165, 1.54) is 6.33 Å². The second-order valence-electron chi connectivity index (χ2n) is 6.80. The van der Waals surface area contributed by atoms with Crippen molar-refractivity contribution in [2.45, 2.75) is 19.3 Å². The zero-order chi connectivity index (χ0) is 18.8. The molecule has 1 atom stereocenters. The Kier molecular flexibility index (Phi) is 5.07. The van der Waals surface area contributed by atoms with Gasteiger partial charge in [-0.1, -0.05) is 12.1 Å². The third-order valence-electron chi connectivity index (χ3n) is 4.99. The minimum absolute atomic E-state index is 0.0499. The van der Waals surface area contributed by atoms with Crippen molar-refractivity contribution in [3.05, 3.63) is 41.3 Å². The average Bonchev–Trinajstić information content (AvgIpc) is 3.33. The fourth-order valence-corrected chi connectivity index (χ4v) is 4.11. The van der Waals surface area contributed by atoms with Gasteiger partial charge in [-0.3, -0.25) is 9.59 Å². The maximum absolute atomic E-state index is 12.8. The molecule has 27 heavy (non-hydrogen) atoms. The zero-order valence-electron chi connectivity index (χ0n) is 14.8. The van der Waals surface area contributed by atoms with Gasteiger partial charge in [0, 0.05) is 30.5 Å². The summed E-state index contributed by atoms with van der Waals surface area (Å²) in [5.74, 6) is 0.123. The first kappa shape index (κ1) is 17.9. The molecule has 8 heteroatoms. The van der Waals surface area contributed by atoms with Crippen LogP contribution in [0.4, 0.5) is 17.2 Å². The number of anilines is 3. The number of nitrogens with zero attached hydrogens (tertiary/aromatic N) is 4. The van der Waals surface area contributed by atoms with Gasteiger partial charge in [-0.2, -0.15) is 0 Å². The van der Waals surface area contributed by atoms with Crippen LogP contribution >= 0.6 is 15.9 Å². The van der Waals surface area contributed by atoms with E-state index < -0.39 is 5.92 Å². The Labute approximate surface area is 165 Å². The van der Waals surface area contributed by atoms with Gasteiger partial charge in [0.25, 0.3) is 0 Å². The maximum atomic E-state index is 12.8. The predicted octanol–water partition coefficient (Wildman–Crippen LogP) is 2.83. The number of halogens is 1. The third kappa shape index (κ3) is 3.66. The topological polar surface area (TPSA) is 78.4 Å². The highest BCUT2D eigenvalue weighted by molar-refractivity contribution is 9.10. The normalized spacial score (nSPS) is 19.6. The van der Waals surface area contributed by atoms with Gasteiger partial charge in [0.15, 0.2) is 5.82 Å². The zero-order valence-corrected chi connectivity index (χ0v) is 16.4. The highest BCUT2D eigenvalue weighted by atomic mass is 79.9. The van der Waals surface area contributed by atoms with E-state index in [9.17, 15) is 9.59 Å². The number of para-hydroxylation sites is 1. The Morgan fingerprint density at radius 2 is 2.00 bits per heavy atom. The van der Waals surface area contributed by atoms with Crippen LogP contribution < -0.4 is 15.1 Å². The first-order valence-corrected chi connectivity index (χ1v) is 9.83. The maximum Gasteiger partial charge on any atom is 0.229 e. The summed E-state index contributed by atoms with van der Waals surface area (Å²) in [6, 6.07) is 7.54. The summed E-state index contributed by atoms with van der Waals surface area (Å²) in [4.78, 5) is 37.5. The van der Waals surface area contributed by atoms with Crippen LogP contribution in [-0.2, 0) is 9.59 Å². The van der Waals surface area contributed by atoms with Gasteiger partial charge < -0.3 is 15.1 Å². The van der Waals surface area contributed by atoms with E-state index in [4.69, 9.17) is 0 Å². The molecule has 1 aromatic heterocycles. The first-order chi connectivity index (χ1) is 13.1. The molecule has 2 aliphatic rings.